The Balaban J connectivity index is 1.80. The predicted molar refractivity (Wildman–Crippen MR) is 94.1 cm³/mol. The van der Waals surface area contributed by atoms with Gasteiger partial charge in [0, 0.05) is 29.7 Å². The minimum absolute atomic E-state index is 0.364. The molecule has 5 nitrogen and oxygen atoms in total. The van der Waals surface area contributed by atoms with Gasteiger partial charge in [0.25, 0.3) is 0 Å². The molecule has 0 spiro atoms. The summed E-state index contributed by atoms with van der Waals surface area (Å²) in [6.07, 6.45) is 9.57. The lowest BCUT2D eigenvalue weighted by atomic mass is 10.0. The highest BCUT2D eigenvalue weighted by Gasteiger charge is 2.20. The second kappa shape index (κ2) is 7.27. The quantitative estimate of drug-likeness (QED) is 0.656. The van der Waals surface area contributed by atoms with E-state index >= 15 is 0 Å². The molecule has 124 valence electrons. The zero-order chi connectivity index (χ0) is 16.9. The predicted octanol–water partition coefficient (Wildman–Crippen LogP) is 2.57. The number of benzene rings is 1. The van der Waals surface area contributed by atoms with Gasteiger partial charge in [0.2, 0.25) is 0 Å². The molecule has 1 aliphatic rings. The lowest BCUT2D eigenvalue weighted by molar-refractivity contribution is -0.142. The molecule has 0 radical (unpaired) electrons. The molecule has 0 aliphatic heterocycles. The number of esters is 1. The number of fused-ring (bicyclic) bond motifs is 1. The fourth-order valence-corrected chi connectivity index (χ4v) is 2.74. The molecule has 2 aromatic rings. The smallest absolute Gasteiger partial charge is 0.330 e. The molecular formula is C19H20N2O3. The number of methoxy groups -OCH3 is 1. The maximum absolute atomic E-state index is 12.1. The number of allylic oxidation sites excluding steroid dienone is 2. The van der Waals surface area contributed by atoms with Gasteiger partial charge < -0.3 is 14.8 Å². The highest BCUT2D eigenvalue weighted by molar-refractivity contribution is 5.87. The molecule has 1 aliphatic carbocycles. The van der Waals surface area contributed by atoms with Gasteiger partial charge in [0.1, 0.15) is 0 Å². The first-order valence-corrected chi connectivity index (χ1v) is 7.90. The van der Waals surface area contributed by atoms with Gasteiger partial charge in [-0.3, -0.25) is 4.99 Å². The average Bonchev–Trinajstić information content (AvgIpc) is 3.02. The van der Waals surface area contributed by atoms with Crippen molar-refractivity contribution in [3.63, 3.8) is 0 Å². The van der Waals surface area contributed by atoms with Crippen LogP contribution in [0, 0.1) is 0 Å². The van der Waals surface area contributed by atoms with Crippen LogP contribution in [0.5, 0.6) is 0 Å². The molecule has 1 unspecified atom stereocenters. The monoisotopic (exact) mass is 324 g/mol. The maximum atomic E-state index is 12.1. The maximum Gasteiger partial charge on any atom is 0.330 e. The Morgan fingerprint density at radius 1 is 1.50 bits per heavy atom. The van der Waals surface area contributed by atoms with Crippen molar-refractivity contribution in [2.24, 2.45) is 4.99 Å². The summed E-state index contributed by atoms with van der Waals surface area (Å²) in [4.78, 5) is 19.7. The number of aliphatic hydroxyl groups is 1. The molecule has 1 aromatic heterocycles. The van der Waals surface area contributed by atoms with Gasteiger partial charge in [-0.05, 0) is 23.6 Å². The Hall–Kier alpha value is -2.66. The van der Waals surface area contributed by atoms with Crippen LogP contribution in [0.25, 0.3) is 10.9 Å². The minimum atomic E-state index is -0.602. The first-order chi connectivity index (χ1) is 11.7. The van der Waals surface area contributed by atoms with Gasteiger partial charge in [0.05, 0.1) is 13.2 Å². The molecule has 0 fully saturated rings. The van der Waals surface area contributed by atoms with Crippen molar-refractivity contribution in [1.29, 1.82) is 0 Å². The van der Waals surface area contributed by atoms with Crippen LogP contribution >= 0.6 is 0 Å². The van der Waals surface area contributed by atoms with E-state index in [4.69, 9.17) is 4.74 Å². The lowest BCUT2D eigenvalue weighted by Gasteiger charge is -2.11. The zero-order valence-electron chi connectivity index (χ0n) is 13.5. The van der Waals surface area contributed by atoms with Crippen LogP contribution in [0.15, 0.2) is 59.3 Å². The van der Waals surface area contributed by atoms with E-state index in [1.54, 1.807) is 18.4 Å². The number of ether oxygens (including phenoxy) is 1. The van der Waals surface area contributed by atoms with Crippen molar-refractivity contribution in [2.45, 2.75) is 25.0 Å². The number of nitrogens with zero attached hydrogens (tertiary/aromatic N) is 1. The molecule has 1 heterocycles. The van der Waals surface area contributed by atoms with Crippen molar-refractivity contribution in [2.75, 3.05) is 7.11 Å². The number of hydrogen-bond donors (Lipinski definition) is 2. The number of hydrogen-bond acceptors (Lipinski definition) is 4. The summed E-state index contributed by atoms with van der Waals surface area (Å²) in [7, 11) is 1.37. The van der Waals surface area contributed by atoms with Crippen LogP contribution in [-0.4, -0.2) is 41.5 Å². The van der Waals surface area contributed by atoms with Crippen LogP contribution < -0.4 is 0 Å². The largest absolute Gasteiger partial charge is 0.467 e. The van der Waals surface area contributed by atoms with Crippen molar-refractivity contribution in [1.82, 2.24) is 4.98 Å². The van der Waals surface area contributed by atoms with E-state index < -0.39 is 12.1 Å². The second-order valence-corrected chi connectivity index (χ2v) is 5.75. The zero-order valence-corrected chi connectivity index (χ0v) is 13.5. The number of para-hydroxylation sites is 1. The molecule has 0 saturated heterocycles. The topological polar surface area (TPSA) is 74.7 Å². The van der Waals surface area contributed by atoms with Gasteiger partial charge in [-0.25, -0.2) is 4.79 Å². The third kappa shape index (κ3) is 3.63. The number of aliphatic imine (C=N–C) groups is 1. The first kappa shape index (κ1) is 16.2. The standard InChI is InChI=1S/C19H20N2O3/c1-24-19(23)18(20-11-13-6-8-15(22)9-7-13)10-14-12-21-17-5-3-2-4-16(14)17/h2-8,11-12,15,18,21-22H,9-10H2,1H3/b20-11+/t15?,18-/m0/s1. The third-order valence-electron chi connectivity index (χ3n) is 4.07. The summed E-state index contributed by atoms with van der Waals surface area (Å²) in [5, 5.41) is 10.5. The van der Waals surface area contributed by atoms with Crippen LogP contribution in [0.3, 0.4) is 0 Å². The van der Waals surface area contributed by atoms with E-state index in [9.17, 15) is 9.90 Å². The van der Waals surface area contributed by atoms with Gasteiger partial charge >= 0.3 is 5.97 Å². The van der Waals surface area contributed by atoms with E-state index in [1.165, 1.54) is 7.11 Å². The number of carbonyl (C=O) groups excluding carboxylic acids is 1. The summed E-state index contributed by atoms with van der Waals surface area (Å²) in [6.45, 7) is 0. The lowest BCUT2D eigenvalue weighted by Crippen LogP contribution is -2.23. The third-order valence-corrected chi connectivity index (χ3v) is 4.07. The van der Waals surface area contributed by atoms with E-state index in [0.29, 0.717) is 12.8 Å². The Labute approximate surface area is 140 Å². The average molecular weight is 324 g/mol. The van der Waals surface area contributed by atoms with Crippen molar-refractivity contribution >= 4 is 23.1 Å². The molecule has 24 heavy (non-hydrogen) atoms. The number of H-pyrrole nitrogens is 1. The highest BCUT2D eigenvalue weighted by atomic mass is 16.5. The Bertz CT molecular complexity index is 817. The molecule has 5 heteroatoms. The highest BCUT2D eigenvalue weighted by Crippen LogP contribution is 2.20. The Morgan fingerprint density at radius 2 is 2.33 bits per heavy atom. The van der Waals surface area contributed by atoms with Crippen molar-refractivity contribution in [3.05, 3.63) is 59.8 Å². The van der Waals surface area contributed by atoms with E-state index in [-0.39, 0.29) is 5.97 Å². The van der Waals surface area contributed by atoms with Crippen LogP contribution in [0.2, 0.25) is 0 Å². The summed E-state index contributed by atoms with van der Waals surface area (Å²) in [5.74, 6) is -0.364. The number of aromatic nitrogens is 1. The van der Waals surface area contributed by atoms with Crippen LogP contribution in [0.1, 0.15) is 12.0 Å². The van der Waals surface area contributed by atoms with E-state index in [0.717, 1.165) is 22.0 Å². The molecule has 0 bridgehead atoms. The molecule has 2 atom stereocenters. The van der Waals surface area contributed by atoms with Gasteiger partial charge in [-0.1, -0.05) is 36.4 Å². The molecule has 2 N–H and O–H groups in total. The Morgan fingerprint density at radius 3 is 3.08 bits per heavy atom. The van der Waals surface area contributed by atoms with Crippen molar-refractivity contribution in [3.8, 4) is 0 Å². The summed E-state index contributed by atoms with van der Waals surface area (Å²) >= 11 is 0. The molecule has 0 saturated carbocycles. The van der Waals surface area contributed by atoms with E-state index in [2.05, 4.69) is 9.98 Å². The molecule has 3 rings (SSSR count). The second-order valence-electron chi connectivity index (χ2n) is 5.75. The van der Waals surface area contributed by atoms with Gasteiger partial charge in [-0.2, -0.15) is 0 Å². The fraction of sp³-hybridized carbons (Fsp3) is 0.263. The minimum Gasteiger partial charge on any atom is -0.467 e. The molecule has 1 aromatic carbocycles. The van der Waals surface area contributed by atoms with Crippen molar-refractivity contribution < 1.29 is 14.6 Å². The fourth-order valence-electron chi connectivity index (χ4n) is 2.74. The summed E-state index contributed by atoms with van der Waals surface area (Å²) in [5.41, 5.74) is 2.95. The Kier molecular flexibility index (Phi) is 4.91. The number of carbonyl (C=O) groups is 1. The van der Waals surface area contributed by atoms with Crippen LogP contribution in [0.4, 0.5) is 0 Å². The number of aromatic amines is 1. The normalized spacial score (nSPS) is 18.8. The SMILES string of the molecule is COC(=O)[C@H](Cc1c[nH]c2ccccc12)/N=C/C1=CCC(O)C=C1. The van der Waals surface area contributed by atoms with E-state index in [1.807, 2.05) is 36.5 Å². The summed E-state index contributed by atoms with van der Waals surface area (Å²) < 4.78 is 4.89. The van der Waals surface area contributed by atoms with Gasteiger partial charge in [-0.15, -0.1) is 0 Å². The number of nitrogens with one attached hydrogen (secondary N) is 1. The van der Waals surface area contributed by atoms with Gasteiger partial charge in [0.15, 0.2) is 6.04 Å². The molecular weight excluding hydrogens is 304 g/mol. The van der Waals surface area contributed by atoms with Crippen LogP contribution in [-0.2, 0) is 16.0 Å². The number of rotatable bonds is 5. The molecule has 0 amide bonds. The first-order valence-electron chi connectivity index (χ1n) is 7.90. The number of aliphatic hydroxyl groups excluding tert-OH is 1. The summed E-state index contributed by atoms with van der Waals surface area (Å²) in [6, 6.07) is 7.36.